The van der Waals surface area contributed by atoms with Crippen molar-refractivity contribution < 1.29 is 0 Å². The molecular formula is C13H21N3O. The number of nitrogens with zero attached hydrogens (tertiary/aromatic N) is 2. The molecule has 94 valence electrons. The van der Waals surface area contributed by atoms with Gasteiger partial charge in [0, 0.05) is 24.5 Å². The van der Waals surface area contributed by atoms with Gasteiger partial charge in [-0.1, -0.05) is 6.42 Å². The molecule has 1 aromatic heterocycles. The van der Waals surface area contributed by atoms with Crippen LogP contribution in [0.25, 0.3) is 0 Å². The van der Waals surface area contributed by atoms with E-state index >= 15 is 0 Å². The molecule has 0 bridgehead atoms. The molecule has 0 aliphatic carbocycles. The fourth-order valence-corrected chi connectivity index (χ4v) is 2.37. The standard InChI is InChI=1S/C13H21N3O/c14-12-5-6-13(17)16(11-12)10-4-9-15-7-2-1-3-8-15/h5-6,11H,1-4,7-10,14H2. The Morgan fingerprint density at radius 2 is 1.88 bits per heavy atom. The Morgan fingerprint density at radius 3 is 2.65 bits per heavy atom. The summed E-state index contributed by atoms with van der Waals surface area (Å²) in [4.78, 5) is 14.0. The van der Waals surface area contributed by atoms with Crippen LogP contribution in [0.1, 0.15) is 25.7 Å². The second-order valence-corrected chi connectivity index (χ2v) is 4.75. The van der Waals surface area contributed by atoms with E-state index in [9.17, 15) is 4.79 Å². The number of aryl methyl sites for hydroxylation is 1. The van der Waals surface area contributed by atoms with Gasteiger partial charge in [0.1, 0.15) is 0 Å². The smallest absolute Gasteiger partial charge is 0.250 e. The summed E-state index contributed by atoms with van der Waals surface area (Å²) >= 11 is 0. The van der Waals surface area contributed by atoms with E-state index in [0.717, 1.165) is 19.5 Å². The van der Waals surface area contributed by atoms with Crippen LogP contribution in [-0.2, 0) is 6.54 Å². The highest BCUT2D eigenvalue weighted by atomic mass is 16.1. The van der Waals surface area contributed by atoms with Gasteiger partial charge in [0.2, 0.25) is 0 Å². The van der Waals surface area contributed by atoms with Gasteiger partial charge in [0.15, 0.2) is 0 Å². The minimum absolute atomic E-state index is 0.0397. The van der Waals surface area contributed by atoms with E-state index in [1.165, 1.54) is 38.4 Å². The maximum Gasteiger partial charge on any atom is 0.250 e. The van der Waals surface area contributed by atoms with Crippen molar-refractivity contribution in [2.45, 2.75) is 32.2 Å². The van der Waals surface area contributed by atoms with Crippen LogP contribution < -0.4 is 11.3 Å². The van der Waals surface area contributed by atoms with Crippen LogP contribution in [0, 0.1) is 0 Å². The minimum atomic E-state index is 0.0397. The van der Waals surface area contributed by atoms with Crippen molar-refractivity contribution in [1.29, 1.82) is 0 Å². The van der Waals surface area contributed by atoms with Crippen LogP contribution >= 0.6 is 0 Å². The number of hydrogen-bond donors (Lipinski definition) is 1. The molecule has 2 rings (SSSR count). The number of nitrogens with two attached hydrogens (primary N) is 1. The lowest BCUT2D eigenvalue weighted by Crippen LogP contribution is -2.31. The molecule has 1 fully saturated rings. The predicted molar refractivity (Wildman–Crippen MR) is 70.0 cm³/mol. The first kappa shape index (κ1) is 12.2. The number of piperidine rings is 1. The molecule has 2 heterocycles. The van der Waals surface area contributed by atoms with Crippen molar-refractivity contribution in [2.75, 3.05) is 25.4 Å². The third-order valence-corrected chi connectivity index (χ3v) is 3.33. The second kappa shape index (κ2) is 5.87. The number of nitrogen functional groups attached to an aromatic ring is 1. The monoisotopic (exact) mass is 235 g/mol. The van der Waals surface area contributed by atoms with E-state index in [4.69, 9.17) is 5.73 Å². The van der Waals surface area contributed by atoms with Crippen molar-refractivity contribution >= 4 is 5.69 Å². The van der Waals surface area contributed by atoms with E-state index in [1.807, 2.05) is 0 Å². The Labute approximate surface area is 102 Å². The van der Waals surface area contributed by atoms with Crippen LogP contribution in [0.15, 0.2) is 23.1 Å². The zero-order chi connectivity index (χ0) is 12.1. The zero-order valence-electron chi connectivity index (χ0n) is 10.3. The van der Waals surface area contributed by atoms with Gasteiger partial charge < -0.3 is 15.2 Å². The average Bonchev–Trinajstić information content (AvgIpc) is 2.35. The molecule has 0 saturated carbocycles. The van der Waals surface area contributed by atoms with Crippen molar-refractivity contribution in [2.24, 2.45) is 0 Å². The van der Waals surface area contributed by atoms with E-state index in [2.05, 4.69) is 4.90 Å². The van der Waals surface area contributed by atoms with E-state index in [-0.39, 0.29) is 5.56 Å². The van der Waals surface area contributed by atoms with E-state index in [0.29, 0.717) is 5.69 Å². The molecular weight excluding hydrogens is 214 g/mol. The summed E-state index contributed by atoms with van der Waals surface area (Å²) in [6.07, 6.45) is 6.75. The third-order valence-electron chi connectivity index (χ3n) is 3.33. The van der Waals surface area contributed by atoms with Gasteiger partial charge in [-0.2, -0.15) is 0 Å². The number of hydrogen-bond acceptors (Lipinski definition) is 3. The minimum Gasteiger partial charge on any atom is -0.398 e. The molecule has 17 heavy (non-hydrogen) atoms. The fraction of sp³-hybridized carbons (Fsp3) is 0.615. The molecule has 4 heteroatoms. The van der Waals surface area contributed by atoms with Crippen molar-refractivity contribution in [3.63, 3.8) is 0 Å². The maximum atomic E-state index is 11.5. The number of anilines is 1. The summed E-state index contributed by atoms with van der Waals surface area (Å²) in [5, 5.41) is 0. The van der Waals surface area contributed by atoms with Crippen LogP contribution in [-0.4, -0.2) is 29.1 Å². The molecule has 0 atom stereocenters. The SMILES string of the molecule is Nc1ccc(=O)n(CCCN2CCCCC2)c1. The Balaban J connectivity index is 1.81. The highest BCUT2D eigenvalue weighted by Crippen LogP contribution is 2.09. The van der Waals surface area contributed by atoms with E-state index < -0.39 is 0 Å². The average molecular weight is 235 g/mol. The Bertz CT molecular complexity index is 407. The highest BCUT2D eigenvalue weighted by Gasteiger charge is 2.09. The predicted octanol–water partition coefficient (Wildman–Crippen LogP) is 1.31. The van der Waals surface area contributed by atoms with Crippen LogP contribution in [0.4, 0.5) is 5.69 Å². The summed E-state index contributed by atoms with van der Waals surface area (Å²) < 4.78 is 1.71. The summed E-state index contributed by atoms with van der Waals surface area (Å²) in [5.74, 6) is 0. The molecule has 0 spiro atoms. The van der Waals surface area contributed by atoms with Gasteiger partial charge >= 0.3 is 0 Å². The highest BCUT2D eigenvalue weighted by molar-refractivity contribution is 5.33. The van der Waals surface area contributed by atoms with Gasteiger partial charge in [-0.3, -0.25) is 4.79 Å². The first-order chi connectivity index (χ1) is 8.25. The van der Waals surface area contributed by atoms with Crippen LogP contribution in [0.3, 0.4) is 0 Å². The molecule has 1 aromatic rings. The van der Waals surface area contributed by atoms with Crippen molar-refractivity contribution in [3.05, 3.63) is 28.7 Å². The number of aromatic nitrogens is 1. The van der Waals surface area contributed by atoms with Crippen molar-refractivity contribution in [1.82, 2.24) is 9.47 Å². The first-order valence-electron chi connectivity index (χ1n) is 6.44. The molecule has 1 aliphatic rings. The lowest BCUT2D eigenvalue weighted by molar-refractivity contribution is 0.222. The van der Waals surface area contributed by atoms with Gasteiger partial charge in [0.05, 0.1) is 0 Å². The maximum absolute atomic E-state index is 11.5. The summed E-state index contributed by atoms with van der Waals surface area (Å²) in [6.45, 7) is 4.28. The number of rotatable bonds is 4. The molecule has 0 unspecified atom stereocenters. The summed E-state index contributed by atoms with van der Waals surface area (Å²) in [5.41, 5.74) is 6.37. The lowest BCUT2D eigenvalue weighted by Gasteiger charge is -2.26. The quantitative estimate of drug-likeness (QED) is 0.856. The van der Waals surface area contributed by atoms with Crippen LogP contribution in [0.5, 0.6) is 0 Å². The largest absolute Gasteiger partial charge is 0.398 e. The molecule has 0 radical (unpaired) electrons. The van der Waals surface area contributed by atoms with Crippen LogP contribution in [0.2, 0.25) is 0 Å². The molecule has 0 aromatic carbocycles. The van der Waals surface area contributed by atoms with Gasteiger partial charge in [-0.15, -0.1) is 0 Å². The Hall–Kier alpha value is -1.29. The third kappa shape index (κ3) is 3.60. The molecule has 2 N–H and O–H groups in total. The summed E-state index contributed by atoms with van der Waals surface area (Å²) in [7, 11) is 0. The number of pyridine rings is 1. The zero-order valence-corrected chi connectivity index (χ0v) is 10.3. The molecule has 4 nitrogen and oxygen atoms in total. The number of likely N-dealkylation sites (tertiary alicyclic amines) is 1. The topological polar surface area (TPSA) is 51.3 Å². The Kier molecular flexibility index (Phi) is 4.20. The fourth-order valence-electron chi connectivity index (χ4n) is 2.37. The molecule has 0 amide bonds. The molecule has 1 aliphatic heterocycles. The van der Waals surface area contributed by atoms with Gasteiger partial charge in [-0.25, -0.2) is 0 Å². The lowest BCUT2D eigenvalue weighted by atomic mass is 10.1. The second-order valence-electron chi connectivity index (χ2n) is 4.75. The molecule has 1 saturated heterocycles. The summed E-state index contributed by atoms with van der Waals surface area (Å²) in [6, 6.07) is 3.19. The first-order valence-corrected chi connectivity index (χ1v) is 6.44. The van der Waals surface area contributed by atoms with Gasteiger partial charge in [0.25, 0.3) is 5.56 Å². The van der Waals surface area contributed by atoms with E-state index in [1.54, 1.807) is 16.8 Å². The van der Waals surface area contributed by atoms with Gasteiger partial charge in [-0.05, 0) is 45.0 Å². The van der Waals surface area contributed by atoms with Crippen molar-refractivity contribution in [3.8, 4) is 0 Å². The Morgan fingerprint density at radius 1 is 1.12 bits per heavy atom. The normalized spacial score (nSPS) is 17.2.